The van der Waals surface area contributed by atoms with Gasteiger partial charge >= 0.3 is 0 Å². The van der Waals surface area contributed by atoms with Crippen LogP contribution in [0.3, 0.4) is 0 Å². The number of benzene rings is 1. The lowest BCUT2D eigenvalue weighted by atomic mass is 10.1. The lowest BCUT2D eigenvalue weighted by Gasteiger charge is -2.11. The highest BCUT2D eigenvalue weighted by molar-refractivity contribution is 6.34. The van der Waals surface area contributed by atoms with Crippen LogP contribution in [0.5, 0.6) is 0 Å². The summed E-state index contributed by atoms with van der Waals surface area (Å²) in [7, 11) is 0. The second-order valence-corrected chi connectivity index (χ2v) is 7.41. The van der Waals surface area contributed by atoms with Crippen molar-refractivity contribution in [3.05, 3.63) is 81.2 Å². The zero-order valence-corrected chi connectivity index (χ0v) is 17.3. The van der Waals surface area contributed by atoms with Gasteiger partial charge in [-0.15, -0.1) is 0 Å². The molecule has 0 fully saturated rings. The van der Waals surface area contributed by atoms with Crippen LogP contribution >= 0.6 is 11.6 Å². The molecule has 0 saturated carbocycles. The van der Waals surface area contributed by atoms with E-state index in [2.05, 4.69) is 20.4 Å². The SMILES string of the molecule is CC(C)c1cc(=O)[nH]c(-n2nc(-c3ccco3)cc2NC(=O)c2c(F)cccc2Cl)n1. The van der Waals surface area contributed by atoms with Crippen LogP contribution in [-0.2, 0) is 0 Å². The Balaban J connectivity index is 1.82. The van der Waals surface area contributed by atoms with Crippen LogP contribution in [0.2, 0.25) is 5.02 Å². The molecule has 4 rings (SSSR count). The van der Waals surface area contributed by atoms with E-state index in [1.54, 1.807) is 12.1 Å². The quantitative estimate of drug-likeness (QED) is 0.478. The van der Waals surface area contributed by atoms with Gasteiger partial charge in [-0.25, -0.2) is 9.37 Å². The highest BCUT2D eigenvalue weighted by Gasteiger charge is 2.21. The highest BCUT2D eigenvalue weighted by atomic mass is 35.5. The molecule has 0 unspecified atom stereocenters. The van der Waals surface area contributed by atoms with Crippen LogP contribution in [0, 0.1) is 5.82 Å². The average molecular weight is 442 g/mol. The molecule has 158 valence electrons. The van der Waals surface area contributed by atoms with Gasteiger partial charge in [0.1, 0.15) is 17.3 Å². The van der Waals surface area contributed by atoms with Crippen molar-refractivity contribution < 1.29 is 13.6 Å². The highest BCUT2D eigenvalue weighted by Crippen LogP contribution is 2.26. The van der Waals surface area contributed by atoms with Gasteiger partial charge in [0.2, 0.25) is 5.95 Å². The first-order valence-electron chi connectivity index (χ1n) is 9.34. The predicted molar refractivity (Wildman–Crippen MR) is 113 cm³/mol. The van der Waals surface area contributed by atoms with Crippen molar-refractivity contribution in [2.45, 2.75) is 19.8 Å². The summed E-state index contributed by atoms with van der Waals surface area (Å²) in [5.74, 6) is -0.908. The summed E-state index contributed by atoms with van der Waals surface area (Å²) in [4.78, 5) is 32.0. The Labute approximate surface area is 180 Å². The molecule has 0 bridgehead atoms. The van der Waals surface area contributed by atoms with Crippen molar-refractivity contribution in [1.82, 2.24) is 19.7 Å². The van der Waals surface area contributed by atoms with E-state index in [1.807, 2.05) is 13.8 Å². The number of hydrogen-bond donors (Lipinski definition) is 2. The second-order valence-electron chi connectivity index (χ2n) is 7.00. The molecule has 0 aliphatic heterocycles. The Morgan fingerprint density at radius 3 is 2.74 bits per heavy atom. The first-order valence-corrected chi connectivity index (χ1v) is 9.72. The number of amides is 1. The van der Waals surface area contributed by atoms with Crippen LogP contribution in [-0.4, -0.2) is 25.7 Å². The third kappa shape index (κ3) is 4.13. The van der Waals surface area contributed by atoms with Crippen molar-refractivity contribution in [1.29, 1.82) is 0 Å². The van der Waals surface area contributed by atoms with Crippen LogP contribution in [0.4, 0.5) is 10.2 Å². The van der Waals surface area contributed by atoms with Crippen molar-refractivity contribution >= 4 is 23.3 Å². The molecule has 3 aromatic heterocycles. The number of halogens is 2. The standard InChI is InChI=1S/C21H17ClFN5O3/c1-11(2)14-10-18(29)26-21(24-14)28-17(9-15(27-28)16-7-4-8-31-16)25-20(30)19-12(22)5-3-6-13(19)23/h3-11H,1-2H3,(H,25,30)(H,24,26,29). The molecule has 31 heavy (non-hydrogen) atoms. The number of furan rings is 1. The van der Waals surface area contributed by atoms with E-state index < -0.39 is 11.7 Å². The first kappa shape index (κ1) is 20.5. The van der Waals surface area contributed by atoms with Gasteiger partial charge in [-0.05, 0) is 30.2 Å². The van der Waals surface area contributed by atoms with Crippen molar-refractivity contribution in [2.24, 2.45) is 0 Å². The van der Waals surface area contributed by atoms with E-state index >= 15 is 0 Å². The number of aromatic amines is 1. The molecule has 0 radical (unpaired) electrons. The van der Waals surface area contributed by atoms with Crippen LogP contribution in [0.1, 0.15) is 35.8 Å². The van der Waals surface area contributed by atoms with E-state index in [0.717, 1.165) is 6.07 Å². The molecule has 1 amide bonds. The summed E-state index contributed by atoms with van der Waals surface area (Å²) in [6.07, 6.45) is 1.48. The lowest BCUT2D eigenvalue weighted by molar-refractivity contribution is 0.102. The minimum absolute atomic E-state index is 0.0172. The molecule has 10 heteroatoms. The van der Waals surface area contributed by atoms with Gasteiger partial charge < -0.3 is 9.73 Å². The van der Waals surface area contributed by atoms with Gasteiger partial charge in [0.15, 0.2) is 5.76 Å². The molecular formula is C21H17ClFN5O3. The number of rotatable bonds is 5. The first-order chi connectivity index (χ1) is 14.8. The number of carbonyl (C=O) groups excluding carboxylic acids is 1. The monoisotopic (exact) mass is 441 g/mol. The third-order valence-electron chi connectivity index (χ3n) is 4.46. The number of carbonyl (C=O) groups is 1. The van der Waals surface area contributed by atoms with Gasteiger partial charge in [-0.3, -0.25) is 14.6 Å². The Morgan fingerprint density at radius 2 is 2.06 bits per heavy atom. The summed E-state index contributed by atoms with van der Waals surface area (Å²) in [6.45, 7) is 3.79. The normalized spacial score (nSPS) is 11.1. The topological polar surface area (TPSA) is 106 Å². The minimum Gasteiger partial charge on any atom is -0.463 e. The number of anilines is 1. The molecule has 2 N–H and O–H groups in total. The van der Waals surface area contributed by atoms with Gasteiger partial charge in [0, 0.05) is 12.1 Å². The van der Waals surface area contributed by atoms with E-state index in [-0.39, 0.29) is 33.8 Å². The number of hydrogen-bond acceptors (Lipinski definition) is 5. The maximum absolute atomic E-state index is 14.2. The largest absolute Gasteiger partial charge is 0.463 e. The molecule has 4 aromatic rings. The fourth-order valence-electron chi connectivity index (χ4n) is 2.93. The molecule has 1 aromatic carbocycles. The summed E-state index contributed by atoms with van der Waals surface area (Å²) in [5.41, 5.74) is 0.229. The summed E-state index contributed by atoms with van der Waals surface area (Å²) >= 11 is 6.01. The van der Waals surface area contributed by atoms with Crippen molar-refractivity contribution in [3.8, 4) is 17.4 Å². The van der Waals surface area contributed by atoms with Gasteiger partial charge in [0.05, 0.1) is 22.5 Å². The van der Waals surface area contributed by atoms with Gasteiger partial charge in [-0.2, -0.15) is 9.78 Å². The Hall–Kier alpha value is -3.72. The number of aromatic nitrogens is 4. The maximum atomic E-state index is 14.2. The van der Waals surface area contributed by atoms with Crippen LogP contribution < -0.4 is 10.9 Å². The smallest absolute Gasteiger partial charge is 0.261 e. The fraction of sp³-hybridized carbons (Fsp3) is 0.143. The van der Waals surface area contributed by atoms with E-state index in [4.69, 9.17) is 16.0 Å². The number of nitrogens with one attached hydrogen (secondary N) is 2. The molecule has 0 spiro atoms. The molecule has 0 atom stereocenters. The molecule has 0 aliphatic rings. The molecule has 0 saturated heterocycles. The zero-order chi connectivity index (χ0) is 22.1. The summed E-state index contributed by atoms with van der Waals surface area (Å²) in [6, 6.07) is 10.2. The minimum atomic E-state index is -0.780. The maximum Gasteiger partial charge on any atom is 0.261 e. The van der Waals surface area contributed by atoms with E-state index in [1.165, 1.54) is 35.2 Å². The predicted octanol–water partition coefficient (Wildman–Crippen LogP) is 4.38. The average Bonchev–Trinajstić information content (AvgIpc) is 3.37. The van der Waals surface area contributed by atoms with E-state index in [9.17, 15) is 14.0 Å². The van der Waals surface area contributed by atoms with Crippen molar-refractivity contribution in [2.75, 3.05) is 5.32 Å². The van der Waals surface area contributed by atoms with Crippen LogP contribution in [0.25, 0.3) is 17.4 Å². The molecule has 0 aliphatic carbocycles. The fourth-order valence-corrected chi connectivity index (χ4v) is 3.18. The third-order valence-corrected chi connectivity index (χ3v) is 4.77. The van der Waals surface area contributed by atoms with Crippen LogP contribution in [0.15, 0.2) is 57.9 Å². The van der Waals surface area contributed by atoms with Gasteiger partial charge in [-0.1, -0.05) is 31.5 Å². The Bertz CT molecular complexity index is 1290. The Kier molecular flexibility index (Phi) is 5.43. The molecule has 8 nitrogen and oxygen atoms in total. The van der Waals surface area contributed by atoms with Gasteiger partial charge in [0.25, 0.3) is 11.5 Å². The number of nitrogens with zero attached hydrogens (tertiary/aromatic N) is 3. The zero-order valence-electron chi connectivity index (χ0n) is 16.5. The Morgan fingerprint density at radius 1 is 1.26 bits per heavy atom. The molecule has 3 heterocycles. The lowest BCUT2D eigenvalue weighted by Crippen LogP contribution is -2.20. The summed E-state index contributed by atoms with van der Waals surface area (Å²) < 4.78 is 20.8. The van der Waals surface area contributed by atoms with E-state index in [0.29, 0.717) is 17.1 Å². The second kappa shape index (κ2) is 8.19. The van der Waals surface area contributed by atoms with Crippen molar-refractivity contribution in [3.63, 3.8) is 0 Å². The summed E-state index contributed by atoms with van der Waals surface area (Å²) in [5, 5.41) is 6.96. The molecular weight excluding hydrogens is 425 g/mol. The number of H-pyrrole nitrogens is 1.